The summed E-state index contributed by atoms with van der Waals surface area (Å²) < 4.78 is 24.6. The van der Waals surface area contributed by atoms with Gasteiger partial charge in [0, 0.05) is 23.6 Å². The lowest BCUT2D eigenvalue weighted by Crippen LogP contribution is -2.34. The zero-order valence-electron chi connectivity index (χ0n) is 10.6. The molecule has 0 aromatic heterocycles. The highest BCUT2D eigenvalue weighted by Gasteiger charge is 2.25. The van der Waals surface area contributed by atoms with E-state index in [0.29, 0.717) is 36.7 Å². The van der Waals surface area contributed by atoms with Crippen molar-refractivity contribution in [2.75, 3.05) is 13.2 Å². The maximum absolute atomic E-state index is 13.6. The number of fused-ring (bicyclic) bond motifs is 1. The minimum atomic E-state index is -0.710. The number of hydrogen-bond donors (Lipinski definition) is 2. The van der Waals surface area contributed by atoms with Gasteiger partial charge in [-0.05, 0) is 20.3 Å². The lowest BCUT2D eigenvalue weighted by molar-refractivity contribution is 0.295. The Morgan fingerprint density at radius 3 is 2.72 bits per heavy atom. The number of aromatic hydroxyl groups is 1. The molecule has 1 aromatic carbocycles. The highest BCUT2D eigenvalue weighted by atomic mass is 19.1. The Balaban J connectivity index is 2.51. The molecule has 1 aromatic rings. The minimum Gasteiger partial charge on any atom is -0.505 e. The molecule has 0 saturated carbocycles. The van der Waals surface area contributed by atoms with Crippen molar-refractivity contribution >= 4 is 0 Å². The predicted molar refractivity (Wildman–Crippen MR) is 65.6 cm³/mol. The van der Waals surface area contributed by atoms with Crippen molar-refractivity contribution in [1.29, 1.82) is 0 Å². The highest BCUT2D eigenvalue weighted by Crippen LogP contribution is 2.41. The minimum absolute atomic E-state index is 0.308. The van der Waals surface area contributed by atoms with Crippen LogP contribution in [0.1, 0.15) is 25.8 Å². The molecule has 5 heteroatoms. The zero-order chi connectivity index (χ0) is 13.3. The summed E-state index contributed by atoms with van der Waals surface area (Å²) in [6.07, 6.45) is 1.03. The Morgan fingerprint density at radius 2 is 2.06 bits per heavy atom. The van der Waals surface area contributed by atoms with Crippen molar-refractivity contribution in [3.05, 3.63) is 17.4 Å². The molecule has 0 bridgehead atoms. The van der Waals surface area contributed by atoms with E-state index in [1.165, 1.54) is 0 Å². The fourth-order valence-corrected chi connectivity index (χ4v) is 1.95. The first-order valence-corrected chi connectivity index (χ1v) is 5.97. The van der Waals surface area contributed by atoms with Gasteiger partial charge in [0.25, 0.3) is 0 Å². The maximum atomic E-state index is 13.6. The maximum Gasteiger partial charge on any atom is 0.169 e. The van der Waals surface area contributed by atoms with E-state index < -0.39 is 17.1 Å². The fraction of sp³-hybridized carbons (Fsp3) is 0.538. The molecule has 1 aliphatic rings. The molecule has 0 saturated heterocycles. The summed E-state index contributed by atoms with van der Waals surface area (Å²) in [6.45, 7) is 4.57. The zero-order valence-corrected chi connectivity index (χ0v) is 10.6. The van der Waals surface area contributed by atoms with Gasteiger partial charge >= 0.3 is 0 Å². The molecule has 2 rings (SSSR count). The van der Waals surface area contributed by atoms with E-state index in [-0.39, 0.29) is 0 Å². The molecule has 0 fully saturated rings. The Hall–Kier alpha value is -1.49. The van der Waals surface area contributed by atoms with Crippen molar-refractivity contribution in [2.24, 2.45) is 5.73 Å². The first-order valence-electron chi connectivity index (χ1n) is 5.97. The van der Waals surface area contributed by atoms with E-state index in [4.69, 9.17) is 15.2 Å². The van der Waals surface area contributed by atoms with Crippen LogP contribution in [0.2, 0.25) is 0 Å². The summed E-state index contributed by atoms with van der Waals surface area (Å²) in [5, 5.41) is 9.84. The monoisotopic (exact) mass is 255 g/mol. The Morgan fingerprint density at radius 1 is 1.39 bits per heavy atom. The van der Waals surface area contributed by atoms with Crippen LogP contribution in [-0.4, -0.2) is 23.9 Å². The normalized spacial score (nSPS) is 15.3. The number of nitrogens with two attached hydrogens (primary N) is 1. The smallest absolute Gasteiger partial charge is 0.169 e. The summed E-state index contributed by atoms with van der Waals surface area (Å²) in [5.41, 5.74) is 5.73. The van der Waals surface area contributed by atoms with Gasteiger partial charge in [0.15, 0.2) is 23.1 Å². The number of benzene rings is 1. The lowest BCUT2D eigenvalue weighted by Gasteiger charge is -2.22. The van der Waals surface area contributed by atoms with E-state index >= 15 is 0 Å². The number of hydrogen-bond acceptors (Lipinski definition) is 4. The van der Waals surface area contributed by atoms with Gasteiger partial charge in [-0.15, -0.1) is 0 Å². The molecule has 0 atom stereocenters. The average molecular weight is 255 g/mol. The second-order valence-electron chi connectivity index (χ2n) is 5.23. The lowest BCUT2D eigenvalue weighted by atomic mass is 9.94. The topological polar surface area (TPSA) is 64.7 Å². The molecule has 0 radical (unpaired) electrons. The molecule has 0 spiro atoms. The van der Waals surface area contributed by atoms with Gasteiger partial charge in [-0.25, -0.2) is 4.39 Å². The largest absolute Gasteiger partial charge is 0.505 e. The van der Waals surface area contributed by atoms with E-state index in [1.54, 1.807) is 13.8 Å². The summed E-state index contributed by atoms with van der Waals surface area (Å²) >= 11 is 0. The van der Waals surface area contributed by atoms with Gasteiger partial charge in [0.05, 0.1) is 13.2 Å². The van der Waals surface area contributed by atoms with E-state index in [9.17, 15) is 9.50 Å². The molecule has 1 heterocycles. The molecule has 100 valence electrons. The van der Waals surface area contributed by atoms with Crippen LogP contribution in [0.15, 0.2) is 6.07 Å². The standard InChI is InChI=1S/C13H18FNO3/c1-13(2,15)7-8-11(16)9(14)6-10-12(8)18-5-3-4-17-10/h6,16H,3-5,7,15H2,1-2H3. The third kappa shape index (κ3) is 2.67. The van der Waals surface area contributed by atoms with Crippen LogP contribution >= 0.6 is 0 Å². The van der Waals surface area contributed by atoms with Crippen LogP contribution in [-0.2, 0) is 6.42 Å². The molecule has 0 amide bonds. The third-order valence-electron chi connectivity index (χ3n) is 2.69. The average Bonchev–Trinajstić information content (AvgIpc) is 2.48. The van der Waals surface area contributed by atoms with Crippen LogP contribution < -0.4 is 15.2 Å². The molecule has 4 nitrogen and oxygen atoms in total. The van der Waals surface area contributed by atoms with Gasteiger partial charge in [-0.2, -0.15) is 0 Å². The van der Waals surface area contributed by atoms with Gasteiger partial charge in [-0.1, -0.05) is 0 Å². The van der Waals surface area contributed by atoms with Gasteiger partial charge in [0.1, 0.15) is 0 Å². The summed E-state index contributed by atoms with van der Waals surface area (Å²) in [5.74, 6) is -0.372. The van der Waals surface area contributed by atoms with Crippen molar-refractivity contribution in [2.45, 2.75) is 32.2 Å². The van der Waals surface area contributed by atoms with Crippen molar-refractivity contribution in [3.8, 4) is 17.2 Å². The molecule has 0 aliphatic carbocycles. The molecule has 18 heavy (non-hydrogen) atoms. The number of halogens is 1. The van der Waals surface area contributed by atoms with Gasteiger partial charge in [-0.3, -0.25) is 0 Å². The Kier molecular flexibility index (Phi) is 3.34. The fourth-order valence-electron chi connectivity index (χ4n) is 1.95. The van der Waals surface area contributed by atoms with Crippen LogP contribution in [0.3, 0.4) is 0 Å². The van der Waals surface area contributed by atoms with Crippen molar-refractivity contribution < 1.29 is 19.0 Å². The van der Waals surface area contributed by atoms with Crippen LogP contribution in [0, 0.1) is 5.82 Å². The van der Waals surface area contributed by atoms with Gasteiger partial charge in [0.2, 0.25) is 0 Å². The van der Waals surface area contributed by atoms with Crippen LogP contribution in [0.4, 0.5) is 4.39 Å². The van der Waals surface area contributed by atoms with Crippen molar-refractivity contribution in [3.63, 3.8) is 0 Å². The molecule has 1 aliphatic heterocycles. The van der Waals surface area contributed by atoms with E-state index in [1.807, 2.05) is 0 Å². The molecular weight excluding hydrogens is 237 g/mol. The second kappa shape index (κ2) is 4.65. The van der Waals surface area contributed by atoms with Crippen LogP contribution in [0.25, 0.3) is 0 Å². The van der Waals surface area contributed by atoms with Crippen molar-refractivity contribution in [1.82, 2.24) is 0 Å². The number of ether oxygens (including phenoxy) is 2. The number of phenolic OH excluding ortho intramolecular Hbond substituents is 1. The first-order chi connectivity index (χ1) is 8.38. The third-order valence-corrected chi connectivity index (χ3v) is 2.69. The first kappa shape index (κ1) is 13.0. The number of rotatable bonds is 2. The summed E-state index contributed by atoms with van der Waals surface area (Å²) in [4.78, 5) is 0. The van der Waals surface area contributed by atoms with E-state index in [2.05, 4.69) is 0 Å². The summed E-state index contributed by atoms with van der Waals surface area (Å²) in [7, 11) is 0. The molecule has 3 N–H and O–H groups in total. The predicted octanol–water partition coefficient (Wildman–Crippen LogP) is 1.97. The SMILES string of the molecule is CC(C)(N)Cc1c(O)c(F)cc2c1OCCCO2. The van der Waals surface area contributed by atoms with Gasteiger partial charge < -0.3 is 20.3 Å². The molecule has 0 unspecified atom stereocenters. The van der Waals surface area contributed by atoms with E-state index in [0.717, 1.165) is 12.5 Å². The molecular formula is C13H18FNO3. The Bertz CT molecular complexity index is 455. The highest BCUT2D eigenvalue weighted by molar-refractivity contribution is 5.55. The summed E-state index contributed by atoms with van der Waals surface area (Å²) in [6, 6.07) is 1.16. The Labute approximate surface area is 106 Å². The second-order valence-corrected chi connectivity index (χ2v) is 5.23. The number of phenols is 1. The quantitative estimate of drug-likeness (QED) is 0.848. The van der Waals surface area contributed by atoms with Crippen LogP contribution in [0.5, 0.6) is 17.2 Å².